The Hall–Kier alpha value is -1.36. The smallest absolute Gasteiger partial charge is 0.267 e. The molecule has 4 nitrogen and oxygen atoms in total. The number of ether oxygens (including phenoxy) is 2. The van der Waals surface area contributed by atoms with Crippen LogP contribution in [0.5, 0.6) is 11.5 Å². The first-order valence-electron chi connectivity index (χ1n) is 6.59. The van der Waals surface area contributed by atoms with E-state index in [2.05, 4.69) is 0 Å². The summed E-state index contributed by atoms with van der Waals surface area (Å²) in [5.41, 5.74) is 0. The molecule has 1 saturated heterocycles. The van der Waals surface area contributed by atoms with Gasteiger partial charge in [-0.2, -0.15) is 11.8 Å². The Kier molecular flexibility index (Phi) is 3.82. The zero-order valence-electron chi connectivity index (χ0n) is 10.7. The normalized spacial score (nSPS) is 22.7. The monoisotopic (exact) mass is 279 g/mol. The van der Waals surface area contributed by atoms with E-state index in [0.717, 1.165) is 36.8 Å². The predicted molar refractivity (Wildman–Crippen MR) is 74.9 cm³/mol. The lowest BCUT2D eigenvalue weighted by Crippen LogP contribution is -2.47. The van der Waals surface area contributed by atoms with Gasteiger partial charge in [-0.05, 0) is 24.3 Å². The van der Waals surface area contributed by atoms with Gasteiger partial charge in [0.25, 0.3) is 5.91 Å². The Morgan fingerprint density at radius 3 is 2.95 bits per heavy atom. The molecule has 0 aromatic heterocycles. The van der Waals surface area contributed by atoms with Gasteiger partial charge in [0.15, 0.2) is 11.5 Å². The van der Waals surface area contributed by atoms with Crippen LogP contribution in [0.15, 0.2) is 24.3 Å². The highest BCUT2D eigenvalue weighted by molar-refractivity contribution is 7.99. The summed E-state index contributed by atoms with van der Waals surface area (Å²) in [6.45, 7) is 1.94. The van der Waals surface area contributed by atoms with Gasteiger partial charge < -0.3 is 14.4 Å². The molecule has 0 N–H and O–H groups in total. The van der Waals surface area contributed by atoms with Crippen LogP contribution >= 0.6 is 11.8 Å². The minimum Gasteiger partial charge on any atom is -0.485 e. The zero-order valence-corrected chi connectivity index (χ0v) is 11.5. The molecule has 1 atom stereocenters. The fraction of sp³-hybridized carbons (Fsp3) is 0.500. The average molecular weight is 279 g/mol. The third kappa shape index (κ3) is 2.81. The van der Waals surface area contributed by atoms with E-state index in [-0.39, 0.29) is 5.91 Å². The minimum atomic E-state index is -0.502. The van der Waals surface area contributed by atoms with E-state index >= 15 is 0 Å². The van der Waals surface area contributed by atoms with Crippen LogP contribution < -0.4 is 9.47 Å². The van der Waals surface area contributed by atoms with Crippen LogP contribution in [0.25, 0.3) is 0 Å². The second-order valence-electron chi connectivity index (χ2n) is 4.66. The molecule has 0 spiro atoms. The SMILES string of the molecule is O=C([C@@H]1COc2ccccc2O1)N1CCCSCC1. The van der Waals surface area contributed by atoms with E-state index < -0.39 is 6.10 Å². The minimum absolute atomic E-state index is 0.0528. The summed E-state index contributed by atoms with van der Waals surface area (Å²) < 4.78 is 11.4. The number of carbonyl (C=O) groups excluding carboxylic acids is 1. The third-order valence-electron chi connectivity index (χ3n) is 3.32. The maximum absolute atomic E-state index is 12.4. The van der Waals surface area contributed by atoms with E-state index in [1.165, 1.54) is 0 Å². The third-order valence-corrected chi connectivity index (χ3v) is 4.37. The summed E-state index contributed by atoms with van der Waals surface area (Å²) in [6, 6.07) is 7.49. The Balaban J connectivity index is 1.68. The molecule has 5 heteroatoms. The number of fused-ring (bicyclic) bond motifs is 1. The molecule has 0 aliphatic carbocycles. The number of carbonyl (C=O) groups is 1. The van der Waals surface area contributed by atoms with Crippen LogP contribution in [0.3, 0.4) is 0 Å². The maximum atomic E-state index is 12.4. The van der Waals surface area contributed by atoms with Crippen LogP contribution in [0.4, 0.5) is 0 Å². The van der Waals surface area contributed by atoms with Crippen LogP contribution in [-0.4, -0.2) is 48.1 Å². The summed E-state index contributed by atoms with van der Waals surface area (Å²) in [5, 5.41) is 0. The highest BCUT2D eigenvalue weighted by Crippen LogP contribution is 2.31. The summed E-state index contributed by atoms with van der Waals surface area (Å²) in [4.78, 5) is 14.3. The summed E-state index contributed by atoms with van der Waals surface area (Å²) in [6.07, 6.45) is 0.554. The van der Waals surface area contributed by atoms with Crippen molar-refractivity contribution in [1.29, 1.82) is 0 Å². The molecular weight excluding hydrogens is 262 g/mol. The molecule has 0 radical (unpaired) electrons. The van der Waals surface area contributed by atoms with Gasteiger partial charge in [-0.1, -0.05) is 12.1 Å². The van der Waals surface area contributed by atoms with Gasteiger partial charge in [0.2, 0.25) is 6.10 Å². The van der Waals surface area contributed by atoms with Gasteiger partial charge in [-0.25, -0.2) is 0 Å². The summed E-state index contributed by atoms with van der Waals surface area (Å²) >= 11 is 1.91. The molecule has 0 saturated carbocycles. The van der Waals surface area contributed by atoms with E-state index in [0.29, 0.717) is 12.4 Å². The largest absolute Gasteiger partial charge is 0.485 e. The number of amides is 1. The molecule has 0 bridgehead atoms. The number of hydrogen-bond donors (Lipinski definition) is 0. The van der Waals surface area contributed by atoms with E-state index in [1.54, 1.807) is 0 Å². The van der Waals surface area contributed by atoms with E-state index in [1.807, 2.05) is 40.9 Å². The van der Waals surface area contributed by atoms with Crippen molar-refractivity contribution in [3.8, 4) is 11.5 Å². The molecule has 102 valence electrons. The van der Waals surface area contributed by atoms with Gasteiger partial charge >= 0.3 is 0 Å². The van der Waals surface area contributed by atoms with Gasteiger partial charge in [0.1, 0.15) is 6.61 Å². The number of nitrogens with zero attached hydrogens (tertiary/aromatic N) is 1. The number of rotatable bonds is 1. The highest BCUT2D eigenvalue weighted by atomic mass is 32.2. The number of para-hydroxylation sites is 2. The van der Waals surface area contributed by atoms with Crippen molar-refractivity contribution in [1.82, 2.24) is 4.90 Å². The van der Waals surface area contributed by atoms with Crippen molar-refractivity contribution < 1.29 is 14.3 Å². The number of hydrogen-bond acceptors (Lipinski definition) is 4. The first-order chi connectivity index (χ1) is 9.34. The molecule has 0 unspecified atom stereocenters. The first kappa shape index (κ1) is 12.7. The molecule has 2 heterocycles. The fourth-order valence-corrected chi connectivity index (χ4v) is 3.20. The predicted octanol–water partition coefficient (Wildman–Crippen LogP) is 1.79. The lowest BCUT2D eigenvalue weighted by Gasteiger charge is -2.30. The van der Waals surface area contributed by atoms with Gasteiger partial charge in [0.05, 0.1) is 0 Å². The van der Waals surface area contributed by atoms with Crippen molar-refractivity contribution in [2.45, 2.75) is 12.5 Å². The van der Waals surface area contributed by atoms with Crippen molar-refractivity contribution in [2.24, 2.45) is 0 Å². The second kappa shape index (κ2) is 5.74. The summed E-state index contributed by atoms with van der Waals surface area (Å²) in [7, 11) is 0. The van der Waals surface area contributed by atoms with Crippen LogP contribution in [0.1, 0.15) is 6.42 Å². The maximum Gasteiger partial charge on any atom is 0.267 e. The zero-order chi connectivity index (χ0) is 13.1. The molecular formula is C14H17NO3S. The Morgan fingerprint density at radius 2 is 2.05 bits per heavy atom. The van der Waals surface area contributed by atoms with E-state index in [4.69, 9.17) is 9.47 Å². The van der Waals surface area contributed by atoms with E-state index in [9.17, 15) is 4.79 Å². The molecule has 2 aliphatic rings. The fourth-order valence-electron chi connectivity index (χ4n) is 2.31. The molecule has 1 amide bonds. The average Bonchev–Trinajstić information content (AvgIpc) is 2.75. The Bertz CT molecular complexity index is 458. The molecule has 1 aromatic rings. The quantitative estimate of drug-likeness (QED) is 0.785. The number of benzene rings is 1. The topological polar surface area (TPSA) is 38.8 Å². The molecule has 1 aromatic carbocycles. The lowest BCUT2D eigenvalue weighted by atomic mass is 10.2. The van der Waals surface area contributed by atoms with Crippen LogP contribution in [0, 0.1) is 0 Å². The van der Waals surface area contributed by atoms with Crippen molar-refractivity contribution in [2.75, 3.05) is 31.2 Å². The standard InChI is InChI=1S/C14H17NO3S/c16-14(15-6-3-8-19-9-7-15)13-10-17-11-4-1-2-5-12(11)18-13/h1-2,4-5,13H,3,6-10H2/t13-/m0/s1. The highest BCUT2D eigenvalue weighted by Gasteiger charge is 2.31. The molecule has 1 fully saturated rings. The Morgan fingerprint density at radius 1 is 1.21 bits per heavy atom. The molecule has 2 aliphatic heterocycles. The Labute approximate surface area is 117 Å². The van der Waals surface area contributed by atoms with Crippen LogP contribution in [-0.2, 0) is 4.79 Å². The van der Waals surface area contributed by atoms with Crippen molar-refractivity contribution >= 4 is 17.7 Å². The van der Waals surface area contributed by atoms with Gasteiger partial charge in [-0.15, -0.1) is 0 Å². The molecule has 19 heavy (non-hydrogen) atoms. The van der Waals surface area contributed by atoms with Crippen molar-refractivity contribution in [3.05, 3.63) is 24.3 Å². The van der Waals surface area contributed by atoms with Gasteiger partial charge in [-0.3, -0.25) is 4.79 Å². The number of thioether (sulfide) groups is 1. The first-order valence-corrected chi connectivity index (χ1v) is 7.75. The van der Waals surface area contributed by atoms with Gasteiger partial charge in [0, 0.05) is 18.8 Å². The lowest BCUT2D eigenvalue weighted by molar-refractivity contribution is -0.140. The second-order valence-corrected chi connectivity index (χ2v) is 5.88. The summed E-state index contributed by atoms with van der Waals surface area (Å²) in [5.74, 6) is 3.58. The van der Waals surface area contributed by atoms with Crippen molar-refractivity contribution in [3.63, 3.8) is 0 Å². The van der Waals surface area contributed by atoms with Crippen LogP contribution in [0.2, 0.25) is 0 Å². The molecule has 3 rings (SSSR count).